The maximum Gasteiger partial charge on any atom is 0.219 e. The summed E-state index contributed by atoms with van der Waals surface area (Å²) in [7, 11) is 1.66. The van der Waals surface area contributed by atoms with E-state index in [-0.39, 0.29) is 0 Å². The molecule has 1 aliphatic rings. The highest BCUT2D eigenvalue weighted by Gasteiger charge is 2.16. The van der Waals surface area contributed by atoms with Gasteiger partial charge in [-0.05, 0) is 32.2 Å². The fourth-order valence-electron chi connectivity index (χ4n) is 3.04. The Morgan fingerprint density at radius 2 is 2.28 bits per heavy atom. The Hall–Kier alpha value is -2.13. The maximum absolute atomic E-state index is 11.2. The number of carbonyl (C=O) groups is 1. The summed E-state index contributed by atoms with van der Waals surface area (Å²) in [5.74, 6) is 0.416. The molecule has 6 heteroatoms. The van der Waals surface area contributed by atoms with E-state index in [4.69, 9.17) is 5.26 Å². The second-order valence-electron chi connectivity index (χ2n) is 6.13. The molecule has 1 atom stereocenters. The third kappa shape index (κ3) is 7.10. The van der Waals surface area contributed by atoms with E-state index in [1.165, 1.54) is 10.6 Å². The van der Waals surface area contributed by atoms with E-state index in [0.29, 0.717) is 12.3 Å². The van der Waals surface area contributed by atoms with E-state index in [1.54, 1.807) is 13.4 Å². The first-order chi connectivity index (χ1) is 12.2. The summed E-state index contributed by atoms with van der Waals surface area (Å²) in [5.41, 5.74) is 2.21. The highest BCUT2D eigenvalue weighted by atomic mass is 16.1. The van der Waals surface area contributed by atoms with Gasteiger partial charge in [-0.1, -0.05) is 19.1 Å². The van der Waals surface area contributed by atoms with Gasteiger partial charge < -0.3 is 10.2 Å². The molecular formula is C19H31N5O. The minimum absolute atomic E-state index is 0.416. The molecule has 0 bridgehead atoms. The summed E-state index contributed by atoms with van der Waals surface area (Å²) in [4.78, 5) is 19.1. The molecule has 6 nitrogen and oxygen atoms in total. The van der Waals surface area contributed by atoms with Crippen molar-refractivity contribution in [2.45, 2.75) is 39.5 Å². The molecule has 25 heavy (non-hydrogen) atoms. The monoisotopic (exact) mass is 345 g/mol. The van der Waals surface area contributed by atoms with Crippen molar-refractivity contribution in [3.63, 3.8) is 0 Å². The average Bonchev–Trinajstić information content (AvgIpc) is 2.61. The molecule has 0 aliphatic carbocycles. The van der Waals surface area contributed by atoms with Crippen LogP contribution in [-0.4, -0.2) is 55.8 Å². The Kier molecular flexibility index (Phi) is 10.3. The van der Waals surface area contributed by atoms with Crippen molar-refractivity contribution < 1.29 is 4.79 Å². The summed E-state index contributed by atoms with van der Waals surface area (Å²) in [6.07, 6.45) is 9.77. The first kappa shape index (κ1) is 20.9. The standard InChI is InChI=1S/C19H31N5O/c1-4-18(6-7-19(5-2)24(16-25)15-21-3)23-12-9-17(8-10-20)14-22-11-13-23/h4,7,15-17,22H,5-6,8-9,11-14H2,1-3H3/b18-4+,19-7+,21-15?. The number of amides is 1. The van der Waals surface area contributed by atoms with Crippen LogP contribution in [0.1, 0.15) is 39.5 Å². The molecule has 1 N–H and O–H groups in total. The van der Waals surface area contributed by atoms with Crippen LogP contribution in [0.25, 0.3) is 0 Å². The fourth-order valence-corrected chi connectivity index (χ4v) is 3.04. The van der Waals surface area contributed by atoms with Crippen LogP contribution in [0.3, 0.4) is 0 Å². The SMILES string of the molecule is C/C=C(\C/C=C(\CC)N(C=O)C=NC)N1CCNCC(CC#N)CC1. The largest absolute Gasteiger partial charge is 0.374 e. The maximum atomic E-state index is 11.2. The zero-order valence-corrected chi connectivity index (χ0v) is 15.7. The van der Waals surface area contributed by atoms with Crippen LogP contribution >= 0.6 is 0 Å². The molecule has 0 aromatic heterocycles. The first-order valence-electron chi connectivity index (χ1n) is 9.02. The smallest absolute Gasteiger partial charge is 0.219 e. The van der Waals surface area contributed by atoms with Crippen molar-refractivity contribution in [1.29, 1.82) is 5.26 Å². The Morgan fingerprint density at radius 1 is 1.48 bits per heavy atom. The van der Waals surface area contributed by atoms with Gasteiger partial charge in [0.15, 0.2) is 0 Å². The van der Waals surface area contributed by atoms with Crippen LogP contribution in [-0.2, 0) is 4.79 Å². The predicted octanol–water partition coefficient (Wildman–Crippen LogP) is 2.52. The van der Waals surface area contributed by atoms with Crippen molar-refractivity contribution in [2.75, 3.05) is 33.2 Å². The highest BCUT2D eigenvalue weighted by Crippen LogP contribution is 2.18. The molecule has 0 spiro atoms. The normalized spacial score (nSPS) is 20.1. The van der Waals surface area contributed by atoms with E-state index in [9.17, 15) is 4.79 Å². The highest BCUT2D eigenvalue weighted by molar-refractivity contribution is 5.75. The second-order valence-corrected chi connectivity index (χ2v) is 6.13. The summed E-state index contributed by atoms with van der Waals surface area (Å²) in [6.45, 7) is 7.87. The number of carbonyl (C=O) groups excluding carboxylic acids is 1. The molecule has 0 aromatic rings. The number of nitrogens with one attached hydrogen (secondary N) is 1. The van der Waals surface area contributed by atoms with Crippen molar-refractivity contribution >= 4 is 12.7 Å². The average molecular weight is 345 g/mol. The Morgan fingerprint density at radius 3 is 2.88 bits per heavy atom. The minimum Gasteiger partial charge on any atom is -0.374 e. The summed E-state index contributed by atoms with van der Waals surface area (Å²) in [6, 6.07) is 2.29. The van der Waals surface area contributed by atoms with Gasteiger partial charge in [0.1, 0.15) is 0 Å². The summed E-state index contributed by atoms with van der Waals surface area (Å²) >= 11 is 0. The van der Waals surface area contributed by atoms with Gasteiger partial charge in [-0.25, -0.2) is 0 Å². The number of allylic oxidation sites excluding steroid dienone is 3. The molecule has 1 heterocycles. The Labute approximate surface area is 151 Å². The van der Waals surface area contributed by atoms with Gasteiger partial charge >= 0.3 is 0 Å². The molecule has 1 aliphatic heterocycles. The molecule has 0 saturated carbocycles. The summed E-state index contributed by atoms with van der Waals surface area (Å²) < 4.78 is 0. The van der Waals surface area contributed by atoms with Gasteiger partial charge in [0.2, 0.25) is 6.41 Å². The third-order valence-corrected chi connectivity index (χ3v) is 4.51. The number of aliphatic imine (C=N–C) groups is 1. The number of nitriles is 1. The first-order valence-corrected chi connectivity index (χ1v) is 9.02. The molecule has 1 rings (SSSR count). The van der Waals surface area contributed by atoms with Gasteiger partial charge in [-0.3, -0.25) is 14.7 Å². The van der Waals surface area contributed by atoms with Crippen LogP contribution in [0.5, 0.6) is 0 Å². The van der Waals surface area contributed by atoms with E-state index < -0.39 is 0 Å². The van der Waals surface area contributed by atoms with Crippen molar-refractivity contribution in [1.82, 2.24) is 15.1 Å². The van der Waals surface area contributed by atoms with Gasteiger partial charge in [0.25, 0.3) is 0 Å². The molecule has 138 valence electrons. The topological polar surface area (TPSA) is 71.7 Å². The molecule has 1 amide bonds. The van der Waals surface area contributed by atoms with Crippen molar-refractivity contribution in [3.05, 3.63) is 23.5 Å². The third-order valence-electron chi connectivity index (χ3n) is 4.51. The van der Waals surface area contributed by atoms with E-state index in [0.717, 1.165) is 57.5 Å². The van der Waals surface area contributed by atoms with E-state index >= 15 is 0 Å². The Bertz CT molecular complexity index is 532. The molecule has 1 saturated heterocycles. The molecule has 0 radical (unpaired) electrons. The fraction of sp³-hybridized carbons (Fsp3) is 0.632. The van der Waals surface area contributed by atoms with Crippen LogP contribution in [0.15, 0.2) is 28.5 Å². The van der Waals surface area contributed by atoms with Crippen LogP contribution in [0.2, 0.25) is 0 Å². The molecular weight excluding hydrogens is 314 g/mol. The predicted molar refractivity (Wildman–Crippen MR) is 102 cm³/mol. The quantitative estimate of drug-likeness (QED) is 0.417. The minimum atomic E-state index is 0.416. The lowest BCUT2D eigenvalue weighted by atomic mass is 10.0. The lowest BCUT2D eigenvalue weighted by Gasteiger charge is -2.31. The molecule has 1 unspecified atom stereocenters. The van der Waals surface area contributed by atoms with Crippen molar-refractivity contribution in [2.24, 2.45) is 10.9 Å². The van der Waals surface area contributed by atoms with Crippen LogP contribution in [0, 0.1) is 17.2 Å². The summed E-state index contributed by atoms with van der Waals surface area (Å²) in [5, 5.41) is 12.4. The number of nitrogens with zero attached hydrogens (tertiary/aromatic N) is 4. The lowest BCUT2D eigenvalue weighted by Crippen LogP contribution is -2.38. The van der Waals surface area contributed by atoms with Crippen LogP contribution in [0.4, 0.5) is 0 Å². The van der Waals surface area contributed by atoms with Crippen LogP contribution < -0.4 is 5.32 Å². The van der Waals surface area contributed by atoms with Gasteiger partial charge in [0, 0.05) is 50.9 Å². The lowest BCUT2D eigenvalue weighted by molar-refractivity contribution is -0.113. The zero-order valence-electron chi connectivity index (χ0n) is 15.7. The molecule has 0 aromatic carbocycles. The Balaban J connectivity index is 2.78. The molecule has 1 fully saturated rings. The number of hydrogen-bond acceptors (Lipinski definition) is 5. The van der Waals surface area contributed by atoms with Gasteiger partial charge in [0.05, 0.1) is 12.4 Å². The van der Waals surface area contributed by atoms with E-state index in [2.05, 4.69) is 40.4 Å². The van der Waals surface area contributed by atoms with E-state index in [1.807, 2.05) is 6.92 Å². The second kappa shape index (κ2) is 12.3. The van der Waals surface area contributed by atoms with Gasteiger partial charge in [-0.2, -0.15) is 5.26 Å². The van der Waals surface area contributed by atoms with Gasteiger partial charge in [-0.15, -0.1) is 0 Å². The zero-order chi connectivity index (χ0) is 18.5. The van der Waals surface area contributed by atoms with Crippen molar-refractivity contribution in [3.8, 4) is 6.07 Å². The number of hydrogen-bond donors (Lipinski definition) is 1. The number of rotatable bonds is 8.